The largest absolute Gasteiger partial charge is 0.349 e. The van der Waals surface area contributed by atoms with E-state index in [-0.39, 0.29) is 11.9 Å². The number of alkyl halides is 1. The molecular formula is C10H13BrN2O. The van der Waals surface area contributed by atoms with Crippen LogP contribution >= 0.6 is 15.9 Å². The van der Waals surface area contributed by atoms with Crippen LogP contribution in [0.4, 0.5) is 0 Å². The molecule has 1 heterocycles. The quantitative estimate of drug-likeness (QED) is 0.840. The number of nitrogens with one attached hydrogen (secondary N) is 1. The minimum atomic E-state index is -0.0792. The van der Waals surface area contributed by atoms with Crippen molar-refractivity contribution >= 4 is 21.8 Å². The van der Waals surface area contributed by atoms with Crippen molar-refractivity contribution in [1.82, 2.24) is 10.3 Å². The fourth-order valence-corrected chi connectivity index (χ4v) is 1.11. The van der Waals surface area contributed by atoms with E-state index in [0.717, 1.165) is 11.0 Å². The Labute approximate surface area is 92.1 Å². The summed E-state index contributed by atoms with van der Waals surface area (Å²) in [4.78, 5) is 15.6. The van der Waals surface area contributed by atoms with Crippen LogP contribution in [-0.2, 0) is 0 Å². The summed E-state index contributed by atoms with van der Waals surface area (Å²) in [5.41, 5.74) is 1.51. The first-order valence-electron chi connectivity index (χ1n) is 4.43. The number of nitrogens with zero attached hydrogens (tertiary/aromatic N) is 1. The predicted molar refractivity (Wildman–Crippen MR) is 59.7 cm³/mol. The van der Waals surface area contributed by atoms with E-state index >= 15 is 0 Å². The van der Waals surface area contributed by atoms with Gasteiger partial charge in [-0.15, -0.1) is 0 Å². The molecule has 1 unspecified atom stereocenters. The van der Waals surface area contributed by atoms with Gasteiger partial charge >= 0.3 is 0 Å². The van der Waals surface area contributed by atoms with Crippen LogP contribution in [0.15, 0.2) is 18.3 Å². The molecule has 0 saturated heterocycles. The minimum Gasteiger partial charge on any atom is -0.349 e. The Morgan fingerprint density at radius 3 is 2.86 bits per heavy atom. The second kappa shape index (κ2) is 5.10. The van der Waals surface area contributed by atoms with Gasteiger partial charge in [0.1, 0.15) is 0 Å². The van der Waals surface area contributed by atoms with Crippen molar-refractivity contribution in [3.05, 3.63) is 29.6 Å². The van der Waals surface area contributed by atoms with Crippen LogP contribution in [0.1, 0.15) is 23.0 Å². The van der Waals surface area contributed by atoms with Crippen molar-refractivity contribution in [2.75, 3.05) is 5.33 Å². The van der Waals surface area contributed by atoms with Crippen LogP contribution < -0.4 is 5.32 Å². The summed E-state index contributed by atoms with van der Waals surface area (Å²) in [6.45, 7) is 3.83. The number of hydrogen-bond donors (Lipinski definition) is 1. The Kier molecular flexibility index (Phi) is 4.07. The molecule has 0 aromatic carbocycles. The van der Waals surface area contributed by atoms with Crippen molar-refractivity contribution < 1.29 is 4.79 Å². The highest BCUT2D eigenvalue weighted by molar-refractivity contribution is 9.09. The molecule has 0 fully saturated rings. The SMILES string of the molecule is Cc1ccc(C(=O)NC(C)CBr)cn1. The van der Waals surface area contributed by atoms with Crippen molar-refractivity contribution in [1.29, 1.82) is 0 Å². The Morgan fingerprint density at radius 2 is 2.36 bits per heavy atom. The minimum absolute atomic E-state index is 0.0792. The number of hydrogen-bond acceptors (Lipinski definition) is 2. The molecule has 0 spiro atoms. The van der Waals surface area contributed by atoms with Crippen molar-refractivity contribution in [3.63, 3.8) is 0 Å². The standard InChI is InChI=1S/C10H13BrN2O/c1-7-3-4-9(6-12-7)10(14)13-8(2)5-11/h3-4,6,8H,5H2,1-2H3,(H,13,14). The lowest BCUT2D eigenvalue weighted by Gasteiger charge is -2.10. The highest BCUT2D eigenvalue weighted by Crippen LogP contribution is 2.00. The van der Waals surface area contributed by atoms with Crippen LogP contribution in [-0.4, -0.2) is 22.3 Å². The molecule has 76 valence electrons. The number of carbonyl (C=O) groups excluding carboxylic acids is 1. The van der Waals surface area contributed by atoms with Gasteiger partial charge in [0.05, 0.1) is 5.56 Å². The third-order valence-electron chi connectivity index (χ3n) is 1.78. The number of aryl methyl sites for hydroxylation is 1. The molecule has 4 heteroatoms. The van der Waals surface area contributed by atoms with Gasteiger partial charge in [-0.2, -0.15) is 0 Å². The maximum Gasteiger partial charge on any atom is 0.253 e. The van der Waals surface area contributed by atoms with Gasteiger partial charge in [0.25, 0.3) is 5.91 Å². The van der Waals surface area contributed by atoms with E-state index in [1.54, 1.807) is 12.3 Å². The van der Waals surface area contributed by atoms with Gasteiger partial charge in [0.2, 0.25) is 0 Å². The Balaban J connectivity index is 2.65. The molecule has 1 aromatic heterocycles. The van der Waals surface area contributed by atoms with Gasteiger partial charge in [-0.25, -0.2) is 0 Å². The molecule has 0 aliphatic carbocycles. The molecule has 0 aliphatic heterocycles. The van der Waals surface area contributed by atoms with Gasteiger partial charge < -0.3 is 5.32 Å². The highest BCUT2D eigenvalue weighted by Gasteiger charge is 2.08. The molecule has 1 atom stereocenters. The molecular weight excluding hydrogens is 244 g/mol. The lowest BCUT2D eigenvalue weighted by atomic mass is 10.2. The lowest BCUT2D eigenvalue weighted by molar-refractivity contribution is 0.0943. The average Bonchev–Trinajstić information content (AvgIpc) is 2.18. The molecule has 1 aromatic rings. The van der Waals surface area contributed by atoms with E-state index in [2.05, 4.69) is 26.2 Å². The van der Waals surface area contributed by atoms with Gasteiger partial charge in [0.15, 0.2) is 0 Å². The zero-order valence-electron chi connectivity index (χ0n) is 8.25. The number of rotatable bonds is 3. The first-order chi connectivity index (χ1) is 6.63. The second-order valence-corrected chi connectivity index (χ2v) is 3.86. The third kappa shape index (κ3) is 3.10. The van der Waals surface area contributed by atoms with E-state index in [1.165, 1.54) is 0 Å². The van der Waals surface area contributed by atoms with Crippen LogP contribution in [0.3, 0.4) is 0 Å². The molecule has 1 N–H and O–H groups in total. The number of carbonyl (C=O) groups is 1. The second-order valence-electron chi connectivity index (χ2n) is 3.22. The van der Waals surface area contributed by atoms with Crippen LogP contribution in [0.5, 0.6) is 0 Å². The third-order valence-corrected chi connectivity index (χ3v) is 2.75. The number of pyridine rings is 1. The first-order valence-corrected chi connectivity index (χ1v) is 5.55. The Hall–Kier alpha value is -0.900. The number of amides is 1. The zero-order valence-corrected chi connectivity index (χ0v) is 9.84. The Bertz CT molecular complexity index is 310. The lowest BCUT2D eigenvalue weighted by Crippen LogP contribution is -2.33. The van der Waals surface area contributed by atoms with Crippen LogP contribution in [0.25, 0.3) is 0 Å². The summed E-state index contributed by atoms with van der Waals surface area (Å²) in [5.74, 6) is -0.0792. The van der Waals surface area contributed by atoms with E-state index < -0.39 is 0 Å². The summed E-state index contributed by atoms with van der Waals surface area (Å²) in [7, 11) is 0. The smallest absolute Gasteiger partial charge is 0.253 e. The summed E-state index contributed by atoms with van der Waals surface area (Å²) >= 11 is 3.30. The van der Waals surface area contributed by atoms with E-state index in [0.29, 0.717) is 5.56 Å². The van der Waals surface area contributed by atoms with E-state index in [4.69, 9.17) is 0 Å². The summed E-state index contributed by atoms with van der Waals surface area (Å²) in [6, 6.07) is 3.73. The predicted octanol–water partition coefficient (Wildman–Crippen LogP) is 1.90. The maximum absolute atomic E-state index is 11.6. The molecule has 14 heavy (non-hydrogen) atoms. The van der Waals surface area contributed by atoms with E-state index in [9.17, 15) is 4.79 Å². The maximum atomic E-state index is 11.6. The Morgan fingerprint density at radius 1 is 1.64 bits per heavy atom. The number of halogens is 1. The fourth-order valence-electron chi connectivity index (χ4n) is 0.948. The number of aromatic nitrogens is 1. The molecule has 0 radical (unpaired) electrons. The van der Waals surface area contributed by atoms with Crippen molar-refractivity contribution in [2.24, 2.45) is 0 Å². The zero-order chi connectivity index (χ0) is 10.6. The molecule has 0 bridgehead atoms. The van der Waals surface area contributed by atoms with Crippen molar-refractivity contribution in [2.45, 2.75) is 19.9 Å². The normalized spacial score (nSPS) is 12.2. The summed E-state index contributed by atoms with van der Waals surface area (Å²) in [6.07, 6.45) is 1.59. The highest BCUT2D eigenvalue weighted by atomic mass is 79.9. The first kappa shape index (κ1) is 11.2. The molecule has 0 saturated carbocycles. The molecule has 1 amide bonds. The van der Waals surface area contributed by atoms with Crippen LogP contribution in [0.2, 0.25) is 0 Å². The summed E-state index contributed by atoms with van der Waals surface area (Å²) in [5, 5.41) is 3.59. The van der Waals surface area contributed by atoms with Gasteiger partial charge in [-0.1, -0.05) is 15.9 Å². The monoisotopic (exact) mass is 256 g/mol. The molecule has 1 rings (SSSR count). The van der Waals surface area contributed by atoms with Crippen LogP contribution in [0, 0.1) is 6.92 Å². The fraction of sp³-hybridized carbons (Fsp3) is 0.400. The van der Waals surface area contributed by atoms with Gasteiger partial charge in [0, 0.05) is 23.3 Å². The van der Waals surface area contributed by atoms with E-state index in [1.807, 2.05) is 19.9 Å². The van der Waals surface area contributed by atoms with Gasteiger partial charge in [-0.3, -0.25) is 9.78 Å². The summed E-state index contributed by atoms with van der Waals surface area (Å²) < 4.78 is 0. The molecule has 0 aliphatic rings. The topological polar surface area (TPSA) is 42.0 Å². The van der Waals surface area contributed by atoms with Crippen molar-refractivity contribution in [3.8, 4) is 0 Å². The van der Waals surface area contributed by atoms with Gasteiger partial charge in [-0.05, 0) is 26.0 Å². The average molecular weight is 257 g/mol. The molecule has 3 nitrogen and oxygen atoms in total.